The van der Waals surface area contributed by atoms with Gasteiger partial charge in [0.2, 0.25) is 0 Å². The van der Waals surface area contributed by atoms with E-state index in [1.807, 2.05) is 19.3 Å². The molecule has 0 fully saturated rings. The molecule has 0 saturated carbocycles. The molecule has 0 aliphatic rings. The van der Waals surface area contributed by atoms with Crippen molar-refractivity contribution in [2.45, 2.75) is 12.5 Å². The van der Waals surface area contributed by atoms with Crippen LogP contribution in [0, 0.1) is 0 Å². The number of H-pyrrole nitrogens is 1. The van der Waals surface area contributed by atoms with Crippen molar-refractivity contribution >= 4 is 11.6 Å². The molecule has 1 atom stereocenters. The molecular formula is C8H13ClN2. The normalized spacial score (nSPS) is 13.3. The summed E-state index contributed by atoms with van der Waals surface area (Å²) in [5.74, 6) is 0.685. The lowest BCUT2D eigenvalue weighted by molar-refractivity contribution is 0.567. The second-order valence-corrected chi connectivity index (χ2v) is 2.82. The van der Waals surface area contributed by atoms with Crippen molar-refractivity contribution in [2.24, 2.45) is 0 Å². The number of rotatable bonds is 4. The smallest absolute Gasteiger partial charge is 0.0481 e. The second kappa shape index (κ2) is 4.42. The van der Waals surface area contributed by atoms with Crippen LogP contribution in [0.15, 0.2) is 18.3 Å². The summed E-state index contributed by atoms with van der Waals surface area (Å²) in [6.07, 6.45) is 2.88. The van der Waals surface area contributed by atoms with E-state index >= 15 is 0 Å². The lowest BCUT2D eigenvalue weighted by Crippen LogP contribution is -2.16. The van der Waals surface area contributed by atoms with Crippen molar-refractivity contribution in [1.82, 2.24) is 10.3 Å². The second-order valence-electron chi connectivity index (χ2n) is 2.44. The van der Waals surface area contributed by atoms with Crippen LogP contribution in [0.25, 0.3) is 0 Å². The van der Waals surface area contributed by atoms with E-state index in [9.17, 15) is 0 Å². The predicted molar refractivity (Wildman–Crippen MR) is 47.9 cm³/mol. The van der Waals surface area contributed by atoms with Crippen LogP contribution in [0.2, 0.25) is 0 Å². The highest BCUT2D eigenvalue weighted by Crippen LogP contribution is 2.13. The maximum Gasteiger partial charge on any atom is 0.0481 e. The standard InChI is InChI=1S/C8H13ClN2/c1-10-7(4-5-9)8-3-2-6-11-8/h2-3,6-7,10-11H,4-5H2,1H3. The average Bonchev–Trinajstić information content (AvgIpc) is 2.52. The largest absolute Gasteiger partial charge is 0.364 e. The van der Waals surface area contributed by atoms with Gasteiger partial charge in [0.05, 0.1) is 0 Å². The number of halogens is 1. The highest BCUT2D eigenvalue weighted by Gasteiger charge is 2.07. The molecule has 3 heteroatoms. The molecule has 2 nitrogen and oxygen atoms in total. The number of hydrogen-bond donors (Lipinski definition) is 2. The van der Waals surface area contributed by atoms with Gasteiger partial charge in [0.15, 0.2) is 0 Å². The first-order valence-corrected chi connectivity index (χ1v) is 4.28. The van der Waals surface area contributed by atoms with Gasteiger partial charge >= 0.3 is 0 Å². The van der Waals surface area contributed by atoms with E-state index in [4.69, 9.17) is 11.6 Å². The molecule has 2 N–H and O–H groups in total. The Bertz CT molecular complexity index is 184. The summed E-state index contributed by atoms with van der Waals surface area (Å²) < 4.78 is 0. The van der Waals surface area contributed by atoms with Crippen molar-refractivity contribution in [3.8, 4) is 0 Å². The van der Waals surface area contributed by atoms with E-state index in [0.717, 1.165) is 6.42 Å². The molecule has 1 aromatic rings. The van der Waals surface area contributed by atoms with Gasteiger partial charge in [-0.05, 0) is 25.6 Å². The van der Waals surface area contributed by atoms with Crippen LogP contribution >= 0.6 is 11.6 Å². The minimum Gasteiger partial charge on any atom is -0.364 e. The highest BCUT2D eigenvalue weighted by molar-refractivity contribution is 6.17. The summed E-state index contributed by atoms with van der Waals surface area (Å²) in [6.45, 7) is 0. The lowest BCUT2D eigenvalue weighted by Gasteiger charge is -2.12. The minimum absolute atomic E-state index is 0.363. The predicted octanol–water partition coefficient (Wildman–Crippen LogP) is 1.90. The van der Waals surface area contributed by atoms with Crippen LogP contribution in [-0.2, 0) is 0 Å². The summed E-state index contributed by atoms with van der Waals surface area (Å²) in [5, 5.41) is 3.19. The van der Waals surface area contributed by atoms with Crippen molar-refractivity contribution < 1.29 is 0 Å². The fraction of sp³-hybridized carbons (Fsp3) is 0.500. The number of nitrogens with one attached hydrogen (secondary N) is 2. The maximum absolute atomic E-state index is 5.64. The van der Waals surface area contributed by atoms with Crippen LogP contribution in [-0.4, -0.2) is 17.9 Å². The number of aromatic amines is 1. The molecule has 1 heterocycles. The third-order valence-electron chi connectivity index (χ3n) is 1.74. The summed E-state index contributed by atoms with van der Waals surface area (Å²) in [4.78, 5) is 3.15. The first-order chi connectivity index (χ1) is 5.38. The molecule has 11 heavy (non-hydrogen) atoms. The van der Waals surface area contributed by atoms with Crippen LogP contribution < -0.4 is 5.32 Å². The fourth-order valence-corrected chi connectivity index (χ4v) is 1.34. The van der Waals surface area contributed by atoms with Crippen LogP contribution in [0.4, 0.5) is 0 Å². The Morgan fingerprint density at radius 3 is 3.00 bits per heavy atom. The zero-order valence-corrected chi connectivity index (χ0v) is 7.36. The van der Waals surface area contributed by atoms with E-state index in [2.05, 4.69) is 16.4 Å². The van der Waals surface area contributed by atoms with Crippen LogP contribution in [0.1, 0.15) is 18.2 Å². The molecular weight excluding hydrogens is 160 g/mol. The Labute approximate surface area is 72.0 Å². The summed E-state index contributed by atoms with van der Waals surface area (Å²) in [6, 6.07) is 4.42. The fourth-order valence-electron chi connectivity index (χ4n) is 1.13. The Hall–Kier alpha value is -0.470. The number of aromatic nitrogens is 1. The molecule has 0 bridgehead atoms. The Balaban J connectivity index is 2.56. The molecule has 1 rings (SSSR count). The number of hydrogen-bond acceptors (Lipinski definition) is 1. The first kappa shape index (κ1) is 8.62. The molecule has 0 radical (unpaired) electrons. The third-order valence-corrected chi connectivity index (χ3v) is 1.96. The molecule has 0 saturated heterocycles. The van der Waals surface area contributed by atoms with Gasteiger partial charge < -0.3 is 10.3 Å². The van der Waals surface area contributed by atoms with Crippen molar-refractivity contribution in [1.29, 1.82) is 0 Å². The molecule has 1 aromatic heterocycles. The SMILES string of the molecule is CNC(CCCl)c1ccc[nH]1. The Morgan fingerprint density at radius 2 is 2.55 bits per heavy atom. The molecule has 1 unspecified atom stereocenters. The zero-order valence-electron chi connectivity index (χ0n) is 6.60. The van der Waals surface area contributed by atoms with Gasteiger partial charge in [-0.25, -0.2) is 0 Å². The minimum atomic E-state index is 0.363. The first-order valence-electron chi connectivity index (χ1n) is 3.75. The van der Waals surface area contributed by atoms with E-state index in [0.29, 0.717) is 11.9 Å². The Kier molecular flexibility index (Phi) is 3.46. The van der Waals surface area contributed by atoms with E-state index < -0.39 is 0 Å². The molecule has 0 spiro atoms. The van der Waals surface area contributed by atoms with Gasteiger partial charge in [-0.1, -0.05) is 0 Å². The monoisotopic (exact) mass is 172 g/mol. The topological polar surface area (TPSA) is 27.8 Å². The quantitative estimate of drug-likeness (QED) is 0.668. The average molecular weight is 173 g/mol. The molecule has 0 aliphatic heterocycles. The van der Waals surface area contributed by atoms with Crippen molar-refractivity contribution in [3.05, 3.63) is 24.0 Å². The maximum atomic E-state index is 5.64. The van der Waals surface area contributed by atoms with Crippen molar-refractivity contribution in [3.63, 3.8) is 0 Å². The zero-order chi connectivity index (χ0) is 8.10. The Morgan fingerprint density at radius 1 is 1.73 bits per heavy atom. The molecule has 62 valence electrons. The highest BCUT2D eigenvalue weighted by atomic mass is 35.5. The van der Waals surface area contributed by atoms with Gasteiger partial charge in [-0.3, -0.25) is 0 Å². The molecule has 0 aliphatic carbocycles. The van der Waals surface area contributed by atoms with Crippen LogP contribution in [0.3, 0.4) is 0 Å². The van der Waals surface area contributed by atoms with Crippen LogP contribution in [0.5, 0.6) is 0 Å². The van der Waals surface area contributed by atoms with Gasteiger partial charge in [0, 0.05) is 23.8 Å². The molecule has 0 amide bonds. The third kappa shape index (κ3) is 2.24. The van der Waals surface area contributed by atoms with E-state index in [1.54, 1.807) is 0 Å². The van der Waals surface area contributed by atoms with Crippen molar-refractivity contribution in [2.75, 3.05) is 12.9 Å². The van der Waals surface area contributed by atoms with Gasteiger partial charge in [-0.2, -0.15) is 0 Å². The van der Waals surface area contributed by atoms with Gasteiger partial charge in [0.25, 0.3) is 0 Å². The van der Waals surface area contributed by atoms with Gasteiger partial charge in [-0.15, -0.1) is 11.6 Å². The summed E-state index contributed by atoms with van der Waals surface area (Å²) in [7, 11) is 1.94. The van der Waals surface area contributed by atoms with E-state index in [-0.39, 0.29) is 0 Å². The summed E-state index contributed by atoms with van der Waals surface area (Å²) in [5.41, 5.74) is 1.20. The van der Waals surface area contributed by atoms with Gasteiger partial charge in [0.1, 0.15) is 0 Å². The van der Waals surface area contributed by atoms with E-state index in [1.165, 1.54) is 5.69 Å². The molecule has 0 aromatic carbocycles. The lowest BCUT2D eigenvalue weighted by atomic mass is 10.1. The number of alkyl halides is 1. The summed E-state index contributed by atoms with van der Waals surface area (Å²) >= 11 is 5.64.